The quantitative estimate of drug-likeness (QED) is 0.728. The number of alkyl carbamates (subject to hydrolysis) is 1. The summed E-state index contributed by atoms with van der Waals surface area (Å²) in [5.74, 6) is -1.05. The third-order valence-electron chi connectivity index (χ3n) is 6.44. The van der Waals surface area contributed by atoms with Crippen molar-refractivity contribution >= 4 is 12.1 Å². The average Bonchev–Trinajstić information content (AvgIpc) is 3.27. The Balaban J connectivity index is 1.42. The Bertz CT molecular complexity index is 871. The van der Waals surface area contributed by atoms with Gasteiger partial charge in [-0.05, 0) is 46.9 Å². The van der Waals surface area contributed by atoms with Gasteiger partial charge in [-0.25, -0.2) is 9.59 Å². The number of fused-ring (bicyclic) bond motifs is 3. The van der Waals surface area contributed by atoms with Crippen molar-refractivity contribution in [2.24, 2.45) is 5.41 Å². The molecule has 2 N–H and O–H groups in total. The molecule has 1 saturated carbocycles. The van der Waals surface area contributed by atoms with Crippen molar-refractivity contribution < 1.29 is 19.4 Å². The van der Waals surface area contributed by atoms with E-state index in [1.807, 2.05) is 24.3 Å². The van der Waals surface area contributed by atoms with Crippen LogP contribution in [-0.2, 0) is 9.53 Å². The van der Waals surface area contributed by atoms with Crippen LogP contribution in [0.2, 0.25) is 0 Å². The van der Waals surface area contributed by atoms with Gasteiger partial charge in [-0.1, -0.05) is 68.3 Å². The summed E-state index contributed by atoms with van der Waals surface area (Å²) in [6.45, 7) is 2.29. The summed E-state index contributed by atoms with van der Waals surface area (Å²) in [7, 11) is 0. The Morgan fingerprint density at radius 2 is 1.62 bits per heavy atom. The molecule has 2 aromatic rings. The number of carboxylic acids is 1. The van der Waals surface area contributed by atoms with Crippen molar-refractivity contribution in [1.82, 2.24) is 5.32 Å². The molecule has 1 fully saturated rings. The van der Waals surface area contributed by atoms with Gasteiger partial charge in [0.05, 0.1) is 0 Å². The second kappa shape index (κ2) is 7.90. The molecule has 0 aliphatic heterocycles. The number of hydrogen-bond donors (Lipinski definition) is 2. The number of carbonyl (C=O) groups excluding carboxylic acids is 1. The maximum Gasteiger partial charge on any atom is 0.407 e. The van der Waals surface area contributed by atoms with E-state index in [1.54, 1.807) is 0 Å². The van der Waals surface area contributed by atoms with Gasteiger partial charge in [-0.3, -0.25) is 0 Å². The van der Waals surface area contributed by atoms with Gasteiger partial charge in [0.1, 0.15) is 12.6 Å². The summed E-state index contributed by atoms with van der Waals surface area (Å²) in [5.41, 5.74) is 4.56. The second-order valence-corrected chi connectivity index (χ2v) is 8.58. The van der Waals surface area contributed by atoms with Gasteiger partial charge in [-0.2, -0.15) is 0 Å². The maximum absolute atomic E-state index is 12.4. The highest BCUT2D eigenvalue weighted by Gasteiger charge is 2.35. The van der Waals surface area contributed by atoms with E-state index in [4.69, 9.17) is 4.74 Å². The highest BCUT2D eigenvalue weighted by atomic mass is 16.5. The third-order valence-corrected chi connectivity index (χ3v) is 6.44. The standard InChI is InChI=1S/C24H27NO4/c1-24(12-6-7-13-24)14-21(22(26)27)25-23(28)29-15-20-18-10-4-2-8-16(18)17-9-3-5-11-19(17)20/h2-5,8-11,20-21H,6-7,12-15H2,1H3,(H,25,28)(H,26,27)/t21-/m0/s1. The first kappa shape index (κ1) is 19.5. The first-order valence-electron chi connectivity index (χ1n) is 10.3. The smallest absolute Gasteiger partial charge is 0.407 e. The van der Waals surface area contributed by atoms with Gasteiger partial charge in [0.15, 0.2) is 0 Å². The first-order valence-corrected chi connectivity index (χ1v) is 10.3. The summed E-state index contributed by atoms with van der Waals surface area (Å²) >= 11 is 0. The van der Waals surface area contributed by atoms with Crippen LogP contribution in [0.1, 0.15) is 56.1 Å². The topological polar surface area (TPSA) is 75.6 Å². The molecule has 0 bridgehead atoms. The predicted molar refractivity (Wildman–Crippen MR) is 111 cm³/mol. The molecule has 2 aliphatic rings. The number of carbonyl (C=O) groups is 2. The molecule has 152 valence electrons. The Morgan fingerprint density at radius 1 is 1.07 bits per heavy atom. The molecule has 0 radical (unpaired) electrons. The number of benzene rings is 2. The van der Waals surface area contributed by atoms with E-state index in [2.05, 4.69) is 36.5 Å². The van der Waals surface area contributed by atoms with Gasteiger partial charge in [0, 0.05) is 5.92 Å². The molecule has 1 amide bonds. The molecule has 1 atom stereocenters. The van der Waals surface area contributed by atoms with Crippen LogP contribution in [0.15, 0.2) is 48.5 Å². The first-order chi connectivity index (χ1) is 14.0. The molecule has 0 unspecified atom stereocenters. The minimum Gasteiger partial charge on any atom is -0.480 e. The van der Waals surface area contributed by atoms with E-state index in [0.717, 1.165) is 47.9 Å². The van der Waals surface area contributed by atoms with E-state index >= 15 is 0 Å². The fraction of sp³-hybridized carbons (Fsp3) is 0.417. The van der Waals surface area contributed by atoms with E-state index < -0.39 is 18.1 Å². The van der Waals surface area contributed by atoms with Crippen molar-refractivity contribution in [3.8, 4) is 11.1 Å². The molecular formula is C24H27NO4. The predicted octanol–water partition coefficient (Wildman–Crippen LogP) is 4.95. The van der Waals surface area contributed by atoms with Gasteiger partial charge < -0.3 is 15.2 Å². The van der Waals surface area contributed by atoms with Crippen LogP contribution >= 0.6 is 0 Å². The lowest BCUT2D eigenvalue weighted by molar-refractivity contribution is -0.140. The van der Waals surface area contributed by atoms with Crippen molar-refractivity contribution in [2.75, 3.05) is 6.61 Å². The summed E-state index contributed by atoms with van der Waals surface area (Å²) in [5, 5.41) is 12.1. The lowest BCUT2D eigenvalue weighted by Gasteiger charge is -2.27. The van der Waals surface area contributed by atoms with E-state index in [1.165, 1.54) is 0 Å². The molecule has 4 rings (SSSR count). The molecule has 2 aliphatic carbocycles. The van der Waals surface area contributed by atoms with Crippen molar-refractivity contribution in [3.05, 3.63) is 59.7 Å². The highest BCUT2D eigenvalue weighted by molar-refractivity contribution is 5.81. The second-order valence-electron chi connectivity index (χ2n) is 8.58. The number of aliphatic carboxylic acids is 1. The number of rotatable bonds is 6. The molecule has 0 spiro atoms. The number of carboxylic acid groups (broad SMARTS) is 1. The summed E-state index contributed by atoms with van der Waals surface area (Å²) in [6.07, 6.45) is 4.02. The lowest BCUT2D eigenvalue weighted by Crippen LogP contribution is -2.44. The lowest BCUT2D eigenvalue weighted by atomic mass is 9.82. The Morgan fingerprint density at radius 3 is 2.17 bits per heavy atom. The Hall–Kier alpha value is -2.82. The van der Waals surface area contributed by atoms with Crippen LogP contribution in [0.25, 0.3) is 11.1 Å². The number of nitrogens with one attached hydrogen (secondary N) is 1. The zero-order valence-electron chi connectivity index (χ0n) is 16.7. The fourth-order valence-electron chi connectivity index (χ4n) is 4.91. The Labute approximate surface area is 171 Å². The van der Waals surface area contributed by atoms with Crippen LogP contribution in [0.4, 0.5) is 4.79 Å². The zero-order valence-corrected chi connectivity index (χ0v) is 16.7. The summed E-state index contributed by atoms with van der Waals surface area (Å²) < 4.78 is 5.50. The van der Waals surface area contributed by atoms with Crippen molar-refractivity contribution in [1.29, 1.82) is 0 Å². The van der Waals surface area contributed by atoms with Crippen LogP contribution in [0, 0.1) is 5.41 Å². The molecular weight excluding hydrogens is 366 g/mol. The highest BCUT2D eigenvalue weighted by Crippen LogP contribution is 2.44. The van der Waals surface area contributed by atoms with Gasteiger partial charge >= 0.3 is 12.1 Å². The SMILES string of the molecule is CC1(C[C@H](NC(=O)OCC2c3ccccc3-c3ccccc32)C(=O)O)CCCC1. The van der Waals surface area contributed by atoms with Crippen molar-refractivity contribution in [3.63, 3.8) is 0 Å². The van der Waals surface area contributed by atoms with Gasteiger partial charge in [0.25, 0.3) is 0 Å². The van der Waals surface area contributed by atoms with Gasteiger partial charge in [-0.15, -0.1) is 0 Å². The van der Waals surface area contributed by atoms with E-state index in [0.29, 0.717) is 6.42 Å². The third kappa shape index (κ3) is 4.00. The molecule has 5 heteroatoms. The molecule has 0 saturated heterocycles. The molecule has 5 nitrogen and oxygen atoms in total. The number of ether oxygens (including phenoxy) is 1. The van der Waals surface area contributed by atoms with Crippen LogP contribution < -0.4 is 5.32 Å². The molecule has 2 aromatic carbocycles. The summed E-state index contributed by atoms with van der Waals surface area (Å²) in [6, 6.07) is 15.3. The zero-order chi connectivity index (χ0) is 20.4. The van der Waals surface area contributed by atoms with Crippen LogP contribution in [0.3, 0.4) is 0 Å². The molecule has 0 heterocycles. The molecule has 0 aromatic heterocycles. The van der Waals surface area contributed by atoms with Crippen molar-refractivity contribution in [2.45, 2.75) is 51.0 Å². The average molecular weight is 393 g/mol. The van der Waals surface area contributed by atoms with E-state index in [9.17, 15) is 14.7 Å². The summed E-state index contributed by atoms with van der Waals surface area (Å²) in [4.78, 5) is 24.1. The molecule has 29 heavy (non-hydrogen) atoms. The monoisotopic (exact) mass is 393 g/mol. The minimum atomic E-state index is -1.01. The fourth-order valence-corrected chi connectivity index (χ4v) is 4.91. The van der Waals surface area contributed by atoms with Crippen LogP contribution in [0.5, 0.6) is 0 Å². The van der Waals surface area contributed by atoms with E-state index in [-0.39, 0.29) is 17.9 Å². The minimum absolute atomic E-state index is 0.0281. The Kier molecular flexibility index (Phi) is 5.31. The van der Waals surface area contributed by atoms with Crippen LogP contribution in [-0.4, -0.2) is 29.8 Å². The number of amides is 1. The normalized spacial score (nSPS) is 18.0. The maximum atomic E-state index is 12.4. The largest absolute Gasteiger partial charge is 0.480 e. The van der Waals surface area contributed by atoms with Gasteiger partial charge in [0.2, 0.25) is 0 Å². The number of hydrogen-bond acceptors (Lipinski definition) is 3.